The smallest absolute Gasteiger partial charge is 0.305 e. The Bertz CT molecular complexity index is 1430. The van der Waals surface area contributed by atoms with Crippen LogP contribution >= 0.6 is 11.6 Å². The summed E-state index contributed by atoms with van der Waals surface area (Å²) in [6.45, 7) is 0.532. The van der Waals surface area contributed by atoms with E-state index in [1.54, 1.807) is 42.9 Å². The van der Waals surface area contributed by atoms with Crippen LogP contribution in [0.5, 0.6) is 0 Å². The minimum Gasteiger partial charge on any atom is -0.305 e. The van der Waals surface area contributed by atoms with Crippen molar-refractivity contribution in [3.63, 3.8) is 0 Å². The highest BCUT2D eigenvalue weighted by Gasteiger charge is 2.39. The normalized spacial score (nSPS) is 19.0. The summed E-state index contributed by atoms with van der Waals surface area (Å²) >= 11 is 6.48. The number of fused-ring (bicyclic) bond motifs is 1. The van der Waals surface area contributed by atoms with E-state index in [1.165, 1.54) is 10.9 Å². The first-order valence-electron chi connectivity index (χ1n) is 11.2. The average molecular weight is 514 g/mol. The third-order valence-electron chi connectivity index (χ3n) is 6.00. The largest absolute Gasteiger partial charge is 0.406 e. The molecule has 7 nitrogen and oxygen atoms in total. The fourth-order valence-corrected chi connectivity index (χ4v) is 4.59. The predicted octanol–water partition coefficient (Wildman–Crippen LogP) is 5.75. The van der Waals surface area contributed by atoms with Crippen molar-refractivity contribution in [1.29, 1.82) is 0 Å². The van der Waals surface area contributed by atoms with Crippen LogP contribution < -0.4 is 4.90 Å². The van der Waals surface area contributed by atoms with E-state index in [4.69, 9.17) is 11.6 Å². The molecule has 0 saturated carbocycles. The first-order valence-corrected chi connectivity index (χ1v) is 11.6. The average Bonchev–Trinajstić information content (AvgIpc) is 3.46. The lowest BCUT2D eigenvalue weighted by atomic mass is 10.0. The van der Waals surface area contributed by atoms with E-state index < -0.39 is 24.5 Å². The van der Waals surface area contributed by atoms with Crippen molar-refractivity contribution in [2.45, 2.75) is 25.9 Å². The molecular formula is C25H21ClF3N6O+. The second-order valence-electron chi connectivity index (χ2n) is 8.63. The van der Waals surface area contributed by atoms with E-state index in [9.17, 15) is 18.0 Å². The SMILES string of the molecule is Cc1cn(-c2ccc(C3=C/[N+](=C\C4CCc5ccccc5N(CC(F)(F)F)C4=O)N=N3)cc2Cl)cn1. The van der Waals surface area contributed by atoms with Crippen molar-refractivity contribution in [2.24, 2.45) is 16.3 Å². The molecule has 0 spiro atoms. The maximum atomic E-state index is 13.3. The number of carbonyl (C=O) groups is 1. The molecule has 11 heteroatoms. The van der Waals surface area contributed by atoms with E-state index >= 15 is 0 Å². The van der Waals surface area contributed by atoms with Crippen LogP contribution in [0.3, 0.4) is 0 Å². The number of nitrogens with zero attached hydrogens (tertiary/aromatic N) is 6. The van der Waals surface area contributed by atoms with Crippen LogP contribution in [0.2, 0.25) is 5.02 Å². The molecule has 0 N–H and O–H groups in total. The molecule has 2 aliphatic heterocycles. The fourth-order valence-electron chi connectivity index (χ4n) is 4.31. The molecule has 0 radical (unpaired) electrons. The van der Waals surface area contributed by atoms with Gasteiger partial charge in [-0.05, 0) is 49.6 Å². The van der Waals surface area contributed by atoms with Gasteiger partial charge in [-0.1, -0.05) is 29.8 Å². The van der Waals surface area contributed by atoms with Gasteiger partial charge in [0.1, 0.15) is 18.0 Å². The molecular weight excluding hydrogens is 493 g/mol. The molecule has 184 valence electrons. The van der Waals surface area contributed by atoms with Crippen molar-refractivity contribution in [3.05, 3.63) is 83.0 Å². The highest BCUT2D eigenvalue weighted by molar-refractivity contribution is 6.32. The zero-order chi connectivity index (χ0) is 25.4. The number of halogens is 4. The van der Waals surface area contributed by atoms with Crippen molar-refractivity contribution in [1.82, 2.24) is 9.55 Å². The van der Waals surface area contributed by atoms with Crippen LogP contribution in [-0.4, -0.2) is 39.1 Å². The molecule has 5 rings (SSSR count). The van der Waals surface area contributed by atoms with Gasteiger partial charge in [0.15, 0.2) is 6.20 Å². The minimum atomic E-state index is -4.53. The number of para-hydroxylation sites is 1. The maximum Gasteiger partial charge on any atom is 0.406 e. The number of aromatic nitrogens is 2. The van der Waals surface area contributed by atoms with Gasteiger partial charge < -0.3 is 9.47 Å². The third-order valence-corrected chi connectivity index (χ3v) is 6.31. The van der Waals surface area contributed by atoms with E-state index in [0.29, 0.717) is 34.7 Å². The summed E-state index contributed by atoms with van der Waals surface area (Å²) in [5, 5.41) is 8.73. The van der Waals surface area contributed by atoms with Crippen molar-refractivity contribution in [2.75, 3.05) is 11.4 Å². The molecule has 1 atom stereocenters. The molecule has 3 heterocycles. The summed E-state index contributed by atoms with van der Waals surface area (Å²) in [6.07, 6.45) is 2.94. The van der Waals surface area contributed by atoms with Crippen molar-refractivity contribution < 1.29 is 22.7 Å². The van der Waals surface area contributed by atoms with Crippen molar-refractivity contribution in [3.8, 4) is 5.69 Å². The molecule has 2 aliphatic rings. The molecule has 36 heavy (non-hydrogen) atoms. The summed E-state index contributed by atoms with van der Waals surface area (Å²) in [5.74, 6) is -1.43. The Labute approximate surface area is 209 Å². The predicted molar refractivity (Wildman–Crippen MR) is 129 cm³/mol. The van der Waals surface area contributed by atoms with Crippen LogP contribution in [-0.2, 0) is 11.2 Å². The van der Waals surface area contributed by atoms with Crippen molar-refractivity contribution >= 4 is 35.1 Å². The van der Waals surface area contributed by atoms with Gasteiger partial charge in [0, 0.05) is 17.4 Å². The Kier molecular flexibility index (Phi) is 6.21. The minimum absolute atomic E-state index is 0.290. The van der Waals surface area contributed by atoms with Gasteiger partial charge in [-0.25, -0.2) is 4.98 Å². The number of imidazole rings is 1. The monoisotopic (exact) mass is 513 g/mol. The molecule has 1 unspecified atom stereocenters. The van der Waals surface area contributed by atoms with Gasteiger partial charge in [0.25, 0.3) is 5.70 Å². The maximum absolute atomic E-state index is 13.3. The Morgan fingerprint density at radius 1 is 1.19 bits per heavy atom. The van der Waals surface area contributed by atoms with E-state index in [1.807, 2.05) is 29.8 Å². The Morgan fingerprint density at radius 2 is 2.00 bits per heavy atom. The van der Waals surface area contributed by atoms with Gasteiger partial charge in [0.2, 0.25) is 5.91 Å². The Morgan fingerprint density at radius 3 is 2.72 bits per heavy atom. The number of hydrogen-bond acceptors (Lipinski definition) is 4. The molecule has 1 amide bonds. The van der Waals surface area contributed by atoms with E-state index in [-0.39, 0.29) is 5.69 Å². The highest BCUT2D eigenvalue weighted by Crippen LogP contribution is 2.32. The van der Waals surface area contributed by atoms with Gasteiger partial charge in [-0.2, -0.15) is 13.2 Å². The van der Waals surface area contributed by atoms with Crippen LogP contribution in [0.4, 0.5) is 18.9 Å². The molecule has 0 bridgehead atoms. The van der Waals surface area contributed by atoms with E-state index in [0.717, 1.165) is 16.3 Å². The zero-order valence-corrected chi connectivity index (χ0v) is 19.9. The second-order valence-corrected chi connectivity index (χ2v) is 9.04. The molecule has 0 saturated heterocycles. The Hall–Kier alpha value is -3.79. The number of benzene rings is 2. The fraction of sp³-hybridized carbons (Fsp3) is 0.240. The topological polar surface area (TPSA) is 65.9 Å². The number of carbonyl (C=O) groups excluding carboxylic acids is 1. The van der Waals surface area contributed by atoms with Gasteiger partial charge in [-0.15, -0.1) is 4.68 Å². The number of aryl methyl sites for hydroxylation is 2. The number of rotatable bonds is 4. The van der Waals surface area contributed by atoms with Gasteiger partial charge >= 0.3 is 6.18 Å². The first-order chi connectivity index (χ1) is 17.2. The summed E-state index contributed by atoms with van der Waals surface area (Å²) in [5.41, 5.74) is 3.83. The van der Waals surface area contributed by atoms with Crippen LogP contribution in [0.15, 0.2) is 71.5 Å². The molecule has 0 fully saturated rings. The highest BCUT2D eigenvalue weighted by atomic mass is 35.5. The van der Waals surface area contributed by atoms with Gasteiger partial charge in [0.05, 0.1) is 33.8 Å². The summed E-state index contributed by atoms with van der Waals surface area (Å²) < 4.78 is 43.1. The van der Waals surface area contributed by atoms with Crippen LogP contribution in [0.1, 0.15) is 23.2 Å². The lowest BCUT2D eigenvalue weighted by molar-refractivity contribution is -0.460. The summed E-state index contributed by atoms with van der Waals surface area (Å²) in [7, 11) is 0. The van der Waals surface area contributed by atoms with Gasteiger partial charge in [-0.3, -0.25) is 4.79 Å². The molecule has 2 aromatic carbocycles. The summed E-state index contributed by atoms with van der Waals surface area (Å²) in [6, 6.07) is 12.1. The second kappa shape index (κ2) is 9.34. The lowest BCUT2D eigenvalue weighted by Crippen LogP contribution is -2.42. The quantitative estimate of drug-likeness (QED) is 0.417. The third kappa shape index (κ3) is 4.94. The molecule has 0 aliphatic carbocycles. The number of amides is 1. The van der Waals surface area contributed by atoms with Crippen LogP contribution in [0, 0.1) is 12.8 Å². The zero-order valence-electron chi connectivity index (χ0n) is 19.2. The number of anilines is 1. The standard InChI is InChI=1S/C25H21ClF3N6O/c1-16-11-33(15-30-16)23-9-8-18(10-20(23)26)21-13-34(32-31-21)12-19-7-6-17-4-2-3-5-22(17)35(24(19)36)14-25(27,28)29/h2-5,8-13,15,19H,6-7,14H2,1H3/q+1/b34-12+. The Balaban J connectivity index is 1.40. The first kappa shape index (κ1) is 23.9. The van der Waals surface area contributed by atoms with Crippen LogP contribution in [0.25, 0.3) is 11.4 Å². The summed E-state index contributed by atoms with van der Waals surface area (Å²) in [4.78, 5) is 18.2. The number of hydrogen-bond donors (Lipinski definition) is 0. The lowest BCUT2D eigenvalue weighted by Gasteiger charge is -2.25. The number of alkyl halides is 3. The molecule has 1 aromatic heterocycles. The van der Waals surface area contributed by atoms with E-state index in [2.05, 4.69) is 15.3 Å². The molecule has 3 aromatic rings.